The molecule has 8 heteroatoms. The van der Waals surface area contributed by atoms with Crippen molar-refractivity contribution in [1.29, 1.82) is 0 Å². The van der Waals surface area contributed by atoms with Gasteiger partial charge in [-0.1, -0.05) is 84.0 Å². The van der Waals surface area contributed by atoms with Crippen molar-refractivity contribution in [3.05, 3.63) is 98.0 Å². The Balaban J connectivity index is 1.66. The summed E-state index contributed by atoms with van der Waals surface area (Å²) in [6.07, 6.45) is 4.38. The average Bonchev–Trinajstić information content (AvgIpc) is 3.43. The second-order valence-corrected chi connectivity index (χ2v) is 11.3. The highest BCUT2D eigenvalue weighted by Crippen LogP contribution is 2.29. The highest BCUT2D eigenvalue weighted by molar-refractivity contribution is 6.36. The second-order valence-electron chi connectivity index (χ2n) is 10.1. The largest absolute Gasteiger partial charge is 0.484 e. The highest BCUT2D eigenvalue weighted by atomic mass is 35.5. The van der Waals surface area contributed by atoms with Crippen molar-refractivity contribution in [2.75, 3.05) is 6.61 Å². The topological polar surface area (TPSA) is 58.6 Å². The first kappa shape index (κ1) is 29.3. The molecule has 3 aromatic carbocycles. The molecule has 0 radical (unpaired) electrons. The van der Waals surface area contributed by atoms with E-state index in [0.29, 0.717) is 32.8 Å². The zero-order valence-corrected chi connectivity index (χ0v) is 24.5. The minimum Gasteiger partial charge on any atom is -0.484 e. The van der Waals surface area contributed by atoms with Crippen LogP contribution in [0.4, 0.5) is 0 Å². The van der Waals surface area contributed by atoms with E-state index >= 15 is 0 Å². The highest BCUT2D eigenvalue weighted by Gasteiger charge is 2.33. The van der Waals surface area contributed by atoms with E-state index in [2.05, 4.69) is 5.32 Å². The van der Waals surface area contributed by atoms with Crippen LogP contribution in [0.3, 0.4) is 0 Å². The maximum atomic E-state index is 13.9. The zero-order valence-electron chi connectivity index (χ0n) is 22.2. The van der Waals surface area contributed by atoms with Crippen LogP contribution < -0.4 is 10.1 Å². The Bertz CT molecular complexity index is 1270. The number of aryl methyl sites for hydroxylation is 2. The molecule has 0 spiro atoms. The van der Waals surface area contributed by atoms with Crippen molar-refractivity contribution in [1.82, 2.24) is 10.2 Å². The van der Waals surface area contributed by atoms with Gasteiger partial charge in [0.25, 0.3) is 5.91 Å². The van der Waals surface area contributed by atoms with Gasteiger partial charge in [0.05, 0.1) is 0 Å². The Kier molecular flexibility index (Phi) is 10.2. The van der Waals surface area contributed by atoms with E-state index in [-0.39, 0.29) is 31.0 Å². The molecule has 1 saturated carbocycles. The smallest absolute Gasteiger partial charge is 0.261 e. The van der Waals surface area contributed by atoms with Crippen molar-refractivity contribution in [2.45, 2.75) is 64.6 Å². The Hall–Kier alpha value is -2.73. The quantitative estimate of drug-likeness (QED) is 0.270. The standard InChI is InChI=1S/C31H33Cl3N2O3/c1-20-15-24(16-21(2)30(20)34)39-19-29(37)36(18-25-26(32)13-8-14-27(25)33)28(17-22-9-4-3-5-10-22)31(38)35-23-11-6-7-12-23/h3-5,8-10,13-16,23,28H,6-7,11-12,17-19H2,1-2H3,(H,35,38)/t28-/m0/s1. The monoisotopic (exact) mass is 586 g/mol. The summed E-state index contributed by atoms with van der Waals surface area (Å²) in [6, 6.07) is 17.8. The SMILES string of the molecule is Cc1cc(OCC(=O)N(Cc2c(Cl)cccc2Cl)[C@@H](Cc2ccccc2)C(=O)NC2CCCC2)cc(C)c1Cl. The average molecular weight is 588 g/mol. The van der Waals surface area contributed by atoms with Gasteiger partial charge in [-0.15, -0.1) is 0 Å². The van der Waals surface area contributed by atoms with E-state index in [1.54, 1.807) is 35.2 Å². The van der Waals surface area contributed by atoms with Crippen molar-refractivity contribution >= 4 is 46.6 Å². The van der Waals surface area contributed by atoms with Crippen molar-refractivity contribution in [2.24, 2.45) is 0 Å². The fourth-order valence-electron chi connectivity index (χ4n) is 4.99. The first-order chi connectivity index (χ1) is 18.7. The van der Waals surface area contributed by atoms with Gasteiger partial charge in [-0.2, -0.15) is 0 Å². The van der Waals surface area contributed by atoms with E-state index in [9.17, 15) is 9.59 Å². The Morgan fingerprint density at radius 1 is 0.949 bits per heavy atom. The number of rotatable bonds is 10. The molecule has 2 amide bonds. The molecule has 0 aromatic heterocycles. The number of nitrogens with one attached hydrogen (secondary N) is 1. The van der Waals surface area contributed by atoms with Crippen LogP contribution in [0, 0.1) is 13.8 Å². The van der Waals surface area contributed by atoms with Gasteiger partial charge in [-0.05, 0) is 67.6 Å². The molecule has 1 N–H and O–H groups in total. The lowest BCUT2D eigenvalue weighted by Gasteiger charge is -2.32. The number of halogens is 3. The van der Waals surface area contributed by atoms with Gasteiger partial charge in [-0.3, -0.25) is 9.59 Å². The summed E-state index contributed by atoms with van der Waals surface area (Å²) < 4.78 is 5.93. The third kappa shape index (κ3) is 7.69. The van der Waals surface area contributed by atoms with Crippen LogP contribution >= 0.6 is 34.8 Å². The van der Waals surface area contributed by atoms with Gasteiger partial charge in [0, 0.05) is 39.6 Å². The van der Waals surface area contributed by atoms with E-state index < -0.39 is 6.04 Å². The van der Waals surface area contributed by atoms with Gasteiger partial charge in [0.15, 0.2) is 6.61 Å². The lowest BCUT2D eigenvalue weighted by molar-refractivity contribution is -0.143. The molecular weight excluding hydrogens is 555 g/mol. The molecule has 1 atom stereocenters. The Morgan fingerprint density at radius 2 is 1.56 bits per heavy atom. The van der Waals surface area contributed by atoms with Crippen molar-refractivity contribution < 1.29 is 14.3 Å². The first-order valence-corrected chi connectivity index (χ1v) is 14.3. The number of amides is 2. The fraction of sp³-hybridized carbons (Fsp3) is 0.355. The summed E-state index contributed by atoms with van der Waals surface area (Å²) in [5.41, 5.74) is 3.24. The van der Waals surface area contributed by atoms with Gasteiger partial charge < -0.3 is 15.0 Å². The molecule has 1 fully saturated rings. The van der Waals surface area contributed by atoms with Crippen LogP contribution in [0.15, 0.2) is 60.7 Å². The molecule has 206 valence electrons. The summed E-state index contributed by atoms with van der Waals surface area (Å²) in [5.74, 6) is -0.00676. The van der Waals surface area contributed by atoms with Gasteiger partial charge >= 0.3 is 0 Å². The first-order valence-electron chi connectivity index (χ1n) is 13.2. The molecule has 39 heavy (non-hydrogen) atoms. The van der Waals surface area contributed by atoms with Gasteiger partial charge in [0.1, 0.15) is 11.8 Å². The summed E-state index contributed by atoms with van der Waals surface area (Å²) in [5, 5.41) is 4.71. The van der Waals surface area contributed by atoms with Crippen LogP contribution in [-0.2, 0) is 22.6 Å². The molecular formula is C31H33Cl3N2O3. The molecule has 1 aliphatic carbocycles. The van der Waals surface area contributed by atoms with Crippen molar-refractivity contribution in [3.8, 4) is 5.75 Å². The normalized spacial score (nSPS) is 14.2. The molecule has 3 aromatic rings. The van der Waals surface area contributed by atoms with Gasteiger partial charge in [0.2, 0.25) is 5.91 Å². The van der Waals surface area contributed by atoms with E-state index in [1.807, 2.05) is 44.2 Å². The number of carbonyl (C=O) groups excluding carboxylic acids is 2. The van der Waals surface area contributed by atoms with Crippen LogP contribution in [-0.4, -0.2) is 35.4 Å². The van der Waals surface area contributed by atoms with Crippen LogP contribution in [0.5, 0.6) is 5.75 Å². The number of hydrogen-bond donors (Lipinski definition) is 1. The number of hydrogen-bond acceptors (Lipinski definition) is 3. The van der Waals surface area contributed by atoms with Crippen LogP contribution in [0.1, 0.15) is 47.9 Å². The summed E-state index contributed by atoms with van der Waals surface area (Å²) in [4.78, 5) is 29.2. The minimum atomic E-state index is -0.787. The molecule has 5 nitrogen and oxygen atoms in total. The van der Waals surface area contributed by atoms with E-state index in [4.69, 9.17) is 39.5 Å². The van der Waals surface area contributed by atoms with E-state index in [0.717, 1.165) is 42.4 Å². The lowest BCUT2D eigenvalue weighted by atomic mass is 10.0. The van der Waals surface area contributed by atoms with Crippen LogP contribution in [0.25, 0.3) is 0 Å². The minimum absolute atomic E-state index is 0.0644. The number of benzene rings is 3. The maximum absolute atomic E-state index is 13.9. The molecule has 0 aliphatic heterocycles. The predicted octanol–water partition coefficient (Wildman–Crippen LogP) is 7.34. The summed E-state index contributed by atoms with van der Waals surface area (Å²) >= 11 is 19.3. The Morgan fingerprint density at radius 3 is 2.18 bits per heavy atom. The zero-order chi connectivity index (χ0) is 27.9. The third-order valence-corrected chi connectivity index (χ3v) is 8.44. The molecule has 1 aliphatic rings. The van der Waals surface area contributed by atoms with Crippen molar-refractivity contribution in [3.63, 3.8) is 0 Å². The summed E-state index contributed by atoms with van der Waals surface area (Å²) in [7, 11) is 0. The van der Waals surface area contributed by atoms with Gasteiger partial charge in [-0.25, -0.2) is 0 Å². The summed E-state index contributed by atoms with van der Waals surface area (Å²) in [6.45, 7) is 3.58. The molecule has 0 saturated heterocycles. The predicted molar refractivity (Wildman–Crippen MR) is 158 cm³/mol. The van der Waals surface area contributed by atoms with E-state index in [1.165, 1.54) is 0 Å². The molecule has 4 rings (SSSR count). The number of nitrogens with zero attached hydrogens (tertiary/aromatic N) is 1. The number of carbonyl (C=O) groups is 2. The maximum Gasteiger partial charge on any atom is 0.261 e. The molecule has 0 heterocycles. The molecule has 0 unspecified atom stereocenters. The second kappa shape index (κ2) is 13.6. The van der Waals surface area contributed by atoms with Crippen LogP contribution in [0.2, 0.25) is 15.1 Å². The molecule has 0 bridgehead atoms. The lowest BCUT2D eigenvalue weighted by Crippen LogP contribution is -2.53. The fourth-order valence-corrected chi connectivity index (χ4v) is 5.62. The Labute approximate surface area is 245 Å². The third-order valence-electron chi connectivity index (χ3n) is 7.14. The number of ether oxygens (including phenoxy) is 1.